The van der Waals surface area contributed by atoms with Gasteiger partial charge >= 0.3 is 0 Å². The normalized spacial score (nSPS) is 22.4. The number of halogens is 1. The van der Waals surface area contributed by atoms with Gasteiger partial charge in [0, 0.05) is 10.7 Å². The first-order chi connectivity index (χ1) is 8.97. The maximum Gasteiger partial charge on any atom is 0.276 e. The Morgan fingerprint density at radius 2 is 2.00 bits per heavy atom. The Morgan fingerprint density at radius 1 is 1.32 bits per heavy atom. The summed E-state index contributed by atoms with van der Waals surface area (Å²) in [4.78, 5) is 2.47. The highest BCUT2D eigenvalue weighted by Crippen LogP contribution is 2.21. The summed E-state index contributed by atoms with van der Waals surface area (Å²) >= 11 is 5.73. The van der Waals surface area contributed by atoms with Crippen LogP contribution in [0, 0.1) is 5.92 Å². The van der Waals surface area contributed by atoms with E-state index in [9.17, 15) is 8.42 Å². The van der Waals surface area contributed by atoms with Crippen LogP contribution in [0.25, 0.3) is 0 Å². The van der Waals surface area contributed by atoms with Crippen molar-refractivity contribution in [2.45, 2.75) is 37.5 Å². The highest BCUT2D eigenvalue weighted by molar-refractivity contribution is 7.89. The molecule has 1 atom stereocenters. The third kappa shape index (κ3) is 3.94. The molecular weight excluding hydrogens is 284 g/mol. The van der Waals surface area contributed by atoms with Crippen molar-refractivity contribution in [1.29, 1.82) is 0 Å². The standard InChI is InChI=1S/C13H17ClN2O2S/c1-10-3-2-4-12(9-10)15-16-19(17,18)13-7-5-11(14)6-8-13/h5-8,10,16H,2-4,9H2,1H3. The van der Waals surface area contributed by atoms with Crippen LogP contribution in [0.15, 0.2) is 34.3 Å². The molecule has 0 heterocycles. The van der Waals surface area contributed by atoms with Crippen molar-refractivity contribution < 1.29 is 8.42 Å². The fourth-order valence-electron chi connectivity index (χ4n) is 2.15. The molecule has 1 unspecified atom stereocenters. The summed E-state index contributed by atoms with van der Waals surface area (Å²) in [6.45, 7) is 2.16. The molecule has 1 aromatic rings. The molecule has 0 aromatic heterocycles. The Hall–Kier alpha value is -1.07. The van der Waals surface area contributed by atoms with Crippen LogP contribution in [0.5, 0.6) is 0 Å². The number of hydrogen-bond donors (Lipinski definition) is 1. The van der Waals surface area contributed by atoms with Crippen molar-refractivity contribution >= 4 is 27.3 Å². The maximum absolute atomic E-state index is 12.0. The van der Waals surface area contributed by atoms with E-state index in [-0.39, 0.29) is 4.90 Å². The van der Waals surface area contributed by atoms with E-state index in [0.717, 1.165) is 25.0 Å². The molecule has 0 spiro atoms. The number of hydrogen-bond acceptors (Lipinski definition) is 3. The Morgan fingerprint density at radius 3 is 2.63 bits per heavy atom. The third-order valence-electron chi connectivity index (χ3n) is 3.19. The molecule has 1 saturated carbocycles. The Balaban J connectivity index is 2.09. The number of nitrogens with one attached hydrogen (secondary N) is 1. The zero-order chi connectivity index (χ0) is 13.9. The lowest BCUT2D eigenvalue weighted by Gasteiger charge is -2.19. The van der Waals surface area contributed by atoms with Crippen LogP contribution < -0.4 is 4.83 Å². The van der Waals surface area contributed by atoms with Crippen molar-refractivity contribution in [3.05, 3.63) is 29.3 Å². The molecule has 1 N–H and O–H groups in total. The van der Waals surface area contributed by atoms with E-state index < -0.39 is 10.0 Å². The lowest BCUT2D eigenvalue weighted by atomic mass is 9.89. The van der Waals surface area contributed by atoms with Gasteiger partial charge in [-0.3, -0.25) is 0 Å². The number of nitrogens with zero attached hydrogens (tertiary/aromatic N) is 1. The number of sulfonamides is 1. The zero-order valence-corrected chi connectivity index (χ0v) is 12.3. The molecule has 6 heteroatoms. The average Bonchev–Trinajstić information content (AvgIpc) is 2.37. The van der Waals surface area contributed by atoms with Crippen molar-refractivity contribution in [2.75, 3.05) is 0 Å². The molecule has 2 rings (SSSR count). The quantitative estimate of drug-likeness (QED) is 0.872. The summed E-state index contributed by atoms with van der Waals surface area (Å²) < 4.78 is 24.0. The van der Waals surface area contributed by atoms with Crippen molar-refractivity contribution in [3.63, 3.8) is 0 Å². The monoisotopic (exact) mass is 300 g/mol. The summed E-state index contributed by atoms with van der Waals surface area (Å²) in [5.41, 5.74) is 0.927. The predicted octanol–water partition coefficient (Wildman–Crippen LogP) is 3.18. The van der Waals surface area contributed by atoms with E-state index in [1.807, 2.05) is 0 Å². The molecule has 4 nitrogen and oxygen atoms in total. The highest BCUT2D eigenvalue weighted by atomic mass is 35.5. The topological polar surface area (TPSA) is 58.5 Å². The molecule has 0 radical (unpaired) electrons. The van der Waals surface area contributed by atoms with E-state index in [2.05, 4.69) is 16.9 Å². The molecule has 104 valence electrons. The Bertz CT molecular complexity index is 567. The van der Waals surface area contributed by atoms with Gasteiger partial charge in [0.2, 0.25) is 0 Å². The second-order valence-corrected chi connectivity index (χ2v) is 7.03. The predicted molar refractivity (Wildman–Crippen MR) is 76.8 cm³/mol. The molecule has 0 saturated heterocycles. The van der Waals surface area contributed by atoms with Gasteiger partial charge in [0.15, 0.2) is 0 Å². The van der Waals surface area contributed by atoms with Crippen molar-refractivity contribution in [1.82, 2.24) is 4.83 Å². The minimum absolute atomic E-state index is 0.171. The van der Waals surface area contributed by atoms with Gasteiger partial charge in [-0.25, -0.2) is 4.83 Å². The van der Waals surface area contributed by atoms with Gasteiger partial charge in [-0.1, -0.05) is 18.5 Å². The molecule has 0 amide bonds. The Labute approximate surface area is 118 Å². The smallest absolute Gasteiger partial charge is 0.200 e. The molecule has 0 bridgehead atoms. The lowest BCUT2D eigenvalue weighted by molar-refractivity contribution is 0.498. The summed E-state index contributed by atoms with van der Waals surface area (Å²) in [6, 6.07) is 6.03. The largest absolute Gasteiger partial charge is 0.276 e. The molecule has 1 fully saturated rings. The van der Waals surface area contributed by atoms with Crippen molar-refractivity contribution in [2.24, 2.45) is 11.0 Å². The zero-order valence-electron chi connectivity index (χ0n) is 10.8. The van der Waals surface area contributed by atoms with Gasteiger partial charge in [0.05, 0.1) is 4.90 Å². The van der Waals surface area contributed by atoms with Crippen LogP contribution in [0.3, 0.4) is 0 Å². The SMILES string of the molecule is CC1CCCC(=NNS(=O)(=O)c2ccc(Cl)cc2)C1. The molecule has 19 heavy (non-hydrogen) atoms. The van der Waals surface area contributed by atoms with Crippen LogP contribution in [0.4, 0.5) is 0 Å². The third-order valence-corrected chi connectivity index (χ3v) is 4.67. The van der Waals surface area contributed by atoms with E-state index in [4.69, 9.17) is 11.6 Å². The van der Waals surface area contributed by atoms with Gasteiger partial charge in [0.1, 0.15) is 0 Å². The van der Waals surface area contributed by atoms with Crippen LogP contribution in [0.1, 0.15) is 32.6 Å². The van der Waals surface area contributed by atoms with Crippen molar-refractivity contribution in [3.8, 4) is 0 Å². The molecule has 1 aliphatic rings. The van der Waals surface area contributed by atoms with Gasteiger partial charge in [-0.15, -0.1) is 0 Å². The second-order valence-electron chi connectivity index (χ2n) is 4.93. The average molecular weight is 301 g/mol. The van der Waals surface area contributed by atoms with Crippen LogP contribution in [-0.4, -0.2) is 14.1 Å². The summed E-state index contributed by atoms with van der Waals surface area (Å²) in [5.74, 6) is 0.576. The molecule has 1 aromatic carbocycles. The fourth-order valence-corrected chi connectivity index (χ4v) is 3.13. The van der Waals surface area contributed by atoms with E-state index in [1.54, 1.807) is 12.1 Å². The second kappa shape index (κ2) is 5.92. The Kier molecular flexibility index (Phi) is 4.47. The van der Waals surface area contributed by atoms with Gasteiger partial charge in [-0.2, -0.15) is 13.5 Å². The summed E-state index contributed by atoms with van der Waals surface area (Å²) in [5, 5.41) is 4.56. The molecule has 1 aliphatic carbocycles. The number of benzene rings is 1. The molecular formula is C13H17ClN2O2S. The van der Waals surface area contributed by atoms with Gasteiger partial charge in [0.25, 0.3) is 10.0 Å². The summed E-state index contributed by atoms with van der Waals surface area (Å²) in [6.07, 6.45) is 3.99. The molecule has 0 aliphatic heterocycles. The lowest BCUT2D eigenvalue weighted by Crippen LogP contribution is -2.22. The van der Waals surface area contributed by atoms with E-state index in [1.165, 1.54) is 18.6 Å². The van der Waals surface area contributed by atoms with Crippen LogP contribution >= 0.6 is 11.6 Å². The minimum Gasteiger partial charge on any atom is -0.200 e. The first-order valence-corrected chi connectivity index (χ1v) is 8.16. The van der Waals surface area contributed by atoms with Crippen LogP contribution in [0.2, 0.25) is 5.02 Å². The van der Waals surface area contributed by atoms with E-state index in [0.29, 0.717) is 10.9 Å². The van der Waals surface area contributed by atoms with Gasteiger partial charge < -0.3 is 0 Å². The van der Waals surface area contributed by atoms with Gasteiger partial charge in [-0.05, 0) is 55.9 Å². The first-order valence-electron chi connectivity index (χ1n) is 6.30. The minimum atomic E-state index is -3.59. The fraction of sp³-hybridized carbons (Fsp3) is 0.462. The van der Waals surface area contributed by atoms with Crippen LogP contribution in [-0.2, 0) is 10.0 Å². The first kappa shape index (κ1) is 14.3. The maximum atomic E-state index is 12.0. The van der Waals surface area contributed by atoms with E-state index >= 15 is 0 Å². The summed E-state index contributed by atoms with van der Waals surface area (Å²) in [7, 11) is -3.59. The number of rotatable bonds is 3. The highest BCUT2D eigenvalue weighted by Gasteiger charge is 2.16. The number of hydrazone groups is 1.